The molecule has 2 heteroatoms. The van der Waals surface area contributed by atoms with Crippen LogP contribution in [0.4, 0.5) is 0 Å². The average molecular weight is 266 g/mol. The van der Waals surface area contributed by atoms with Crippen molar-refractivity contribution in [3.63, 3.8) is 0 Å². The van der Waals surface area contributed by atoms with Crippen molar-refractivity contribution in [1.29, 1.82) is 0 Å². The van der Waals surface area contributed by atoms with E-state index in [9.17, 15) is 0 Å². The minimum Gasteiger partial charge on any atom is -0.317 e. The molecule has 2 aliphatic rings. The van der Waals surface area contributed by atoms with Gasteiger partial charge in [0.1, 0.15) is 0 Å². The van der Waals surface area contributed by atoms with Crippen LogP contribution in [-0.2, 0) is 5.41 Å². The Balaban J connectivity index is 2.06. The summed E-state index contributed by atoms with van der Waals surface area (Å²) in [4.78, 5) is 0.576. The fourth-order valence-corrected chi connectivity index (χ4v) is 4.21. The van der Waals surface area contributed by atoms with Crippen LogP contribution in [0, 0.1) is 0 Å². The Morgan fingerprint density at radius 3 is 2.73 bits per heavy atom. The first-order valence-electron chi connectivity index (χ1n) is 5.76. The highest BCUT2D eigenvalue weighted by atomic mass is 79.9. The van der Waals surface area contributed by atoms with Crippen LogP contribution in [0.3, 0.4) is 0 Å². The summed E-state index contributed by atoms with van der Waals surface area (Å²) in [5.74, 6) is 0. The van der Waals surface area contributed by atoms with E-state index in [1.54, 1.807) is 5.56 Å². The largest absolute Gasteiger partial charge is 0.317 e. The maximum absolute atomic E-state index is 3.83. The molecule has 1 fully saturated rings. The van der Waals surface area contributed by atoms with Crippen LogP contribution in [0.1, 0.15) is 35.2 Å². The number of hydrogen-bond acceptors (Lipinski definition) is 1. The number of alkyl halides is 1. The highest BCUT2D eigenvalue weighted by Crippen LogP contribution is 2.52. The Morgan fingerprint density at radius 1 is 1.20 bits per heavy atom. The van der Waals surface area contributed by atoms with Crippen LogP contribution in [0.15, 0.2) is 24.3 Å². The highest BCUT2D eigenvalue weighted by Gasteiger charge is 2.42. The number of hydrogen-bond donors (Lipinski definition) is 1. The maximum atomic E-state index is 3.83. The summed E-state index contributed by atoms with van der Waals surface area (Å²) in [7, 11) is 0. The summed E-state index contributed by atoms with van der Waals surface area (Å²) in [6, 6.07) is 8.97. The van der Waals surface area contributed by atoms with E-state index in [1.807, 2.05) is 0 Å². The van der Waals surface area contributed by atoms with Crippen molar-refractivity contribution in [3.8, 4) is 0 Å². The molecule has 1 N–H and O–H groups in total. The van der Waals surface area contributed by atoms with Crippen LogP contribution < -0.4 is 5.32 Å². The maximum Gasteiger partial charge on any atom is 0.0406 e. The standard InChI is InChI=1S/C13H16BrN/c14-12-9-13(5-7-15-8-6-13)11-4-2-1-3-10(11)12/h1-4,12,15H,5-9H2. The summed E-state index contributed by atoms with van der Waals surface area (Å²) in [5.41, 5.74) is 3.60. The summed E-state index contributed by atoms with van der Waals surface area (Å²) in [5, 5.41) is 3.47. The topological polar surface area (TPSA) is 12.0 Å². The van der Waals surface area contributed by atoms with Crippen molar-refractivity contribution in [3.05, 3.63) is 35.4 Å². The average Bonchev–Trinajstić information content (AvgIpc) is 2.55. The third kappa shape index (κ3) is 1.46. The molecule has 1 nitrogen and oxygen atoms in total. The van der Waals surface area contributed by atoms with Crippen molar-refractivity contribution in [1.82, 2.24) is 5.32 Å². The van der Waals surface area contributed by atoms with E-state index in [0.717, 1.165) is 0 Å². The molecular formula is C13H16BrN. The number of fused-ring (bicyclic) bond motifs is 2. The van der Waals surface area contributed by atoms with E-state index in [2.05, 4.69) is 45.5 Å². The lowest BCUT2D eigenvalue weighted by Crippen LogP contribution is -2.38. The van der Waals surface area contributed by atoms with Crippen molar-refractivity contribution >= 4 is 15.9 Å². The quantitative estimate of drug-likeness (QED) is 0.711. The van der Waals surface area contributed by atoms with E-state index in [-0.39, 0.29) is 0 Å². The molecule has 15 heavy (non-hydrogen) atoms. The molecule has 0 amide bonds. The van der Waals surface area contributed by atoms with Gasteiger partial charge in [-0.3, -0.25) is 0 Å². The normalized spacial score (nSPS) is 27.9. The summed E-state index contributed by atoms with van der Waals surface area (Å²) >= 11 is 3.83. The second kappa shape index (κ2) is 3.60. The number of nitrogens with one attached hydrogen (secondary N) is 1. The predicted molar refractivity (Wildman–Crippen MR) is 66.5 cm³/mol. The van der Waals surface area contributed by atoms with Gasteiger partial charge < -0.3 is 5.32 Å². The van der Waals surface area contributed by atoms with E-state index in [1.165, 1.54) is 37.9 Å². The van der Waals surface area contributed by atoms with Gasteiger partial charge in [-0.15, -0.1) is 0 Å². The Hall–Kier alpha value is -0.340. The molecule has 1 aliphatic carbocycles. The van der Waals surface area contributed by atoms with Crippen LogP contribution in [0.25, 0.3) is 0 Å². The Kier molecular flexibility index (Phi) is 2.37. The fourth-order valence-electron chi connectivity index (χ4n) is 3.19. The van der Waals surface area contributed by atoms with Gasteiger partial charge in [0.15, 0.2) is 0 Å². The van der Waals surface area contributed by atoms with Crippen LogP contribution in [0.5, 0.6) is 0 Å². The molecule has 1 spiro atoms. The summed E-state index contributed by atoms with van der Waals surface area (Å²) in [6.07, 6.45) is 3.88. The molecule has 80 valence electrons. The first kappa shape index (κ1) is 9.86. The van der Waals surface area contributed by atoms with Crippen LogP contribution >= 0.6 is 15.9 Å². The van der Waals surface area contributed by atoms with Crippen molar-refractivity contribution < 1.29 is 0 Å². The molecule has 0 saturated carbocycles. The molecule has 1 aromatic carbocycles. The van der Waals surface area contributed by atoms with E-state index in [4.69, 9.17) is 0 Å². The molecular weight excluding hydrogens is 250 g/mol. The van der Waals surface area contributed by atoms with Crippen molar-refractivity contribution in [2.75, 3.05) is 13.1 Å². The lowest BCUT2D eigenvalue weighted by Gasteiger charge is -2.35. The number of benzene rings is 1. The molecule has 1 aliphatic heterocycles. The summed E-state index contributed by atoms with van der Waals surface area (Å²) in [6.45, 7) is 2.35. The van der Waals surface area contributed by atoms with Gasteiger partial charge in [0.2, 0.25) is 0 Å². The third-order valence-electron chi connectivity index (χ3n) is 4.00. The third-order valence-corrected chi connectivity index (χ3v) is 4.82. The second-order valence-electron chi connectivity index (χ2n) is 4.79. The Labute approximate surface area is 99.4 Å². The van der Waals surface area contributed by atoms with Gasteiger partial charge >= 0.3 is 0 Å². The zero-order chi connectivity index (χ0) is 10.3. The van der Waals surface area contributed by atoms with Gasteiger partial charge in [-0.25, -0.2) is 0 Å². The van der Waals surface area contributed by atoms with E-state index >= 15 is 0 Å². The zero-order valence-corrected chi connectivity index (χ0v) is 10.4. The van der Waals surface area contributed by atoms with Crippen molar-refractivity contribution in [2.45, 2.75) is 29.5 Å². The first-order chi connectivity index (χ1) is 7.32. The predicted octanol–water partition coefficient (Wildman–Crippen LogP) is 3.15. The molecule has 0 bridgehead atoms. The Bertz CT molecular complexity index is 369. The monoisotopic (exact) mass is 265 g/mol. The van der Waals surface area contributed by atoms with Crippen LogP contribution in [-0.4, -0.2) is 13.1 Å². The Morgan fingerprint density at radius 2 is 1.93 bits per heavy atom. The van der Waals surface area contributed by atoms with Gasteiger partial charge in [-0.05, 0) is 48.9 Å². The minimum absolute atomic E-state index is 0.468. The molecule has 1 saturated heterocycles. The lowest BCUT2D eigenvalue weighted by molar-refractivity contribution is 0.306. The van der Waals surface area contributed by atoms with Gasteiger partial charge in [-0.2, -0.15) is 0 Å². The van der Waals surface area contributed by atoms with E-state index < -0.39 is 0 Å². The van der Waals surface area contributed by atoms with Gasteiger partial charge in [-0.1, -0.05) is 40.2 Å². The molecule has 1 aromatic rings. The van der Waals surface area contributed by atoms with Crippen LogP contribution in [0.2, 0.25) is 0 Å². The molecule has 0 aromatic heterocycles. The molecule has 1 atom stereocenters. The van der Waals surface area contributed by atoms with Gasteiger partial charge in [0, 0.05) is 4.83 Å². The second-order valence-corrected chi connectivity index (χ2v) is 5.89. The highest BCUT2D eigenvalue weighted by molar-refractivity contribution is 9.09. The van der Waals surface area contributed by atoms with Crippen molar-refractivity contribution in [2.24, 2.45) is 0 Å². The molecule has 3 rings (SSSR count). The van der Waals surface area contributed by atoms with E-state index in [0.29, 0.717) is 10.2 Å². The smallest absolute Gasteiger partial charge is 0.0406 e. The van der Waals surface area contributed by atoms with Gasteiger partial charge in [0.05, 0.1) is 0 Å². The SMILES string of the molecule is BrC1CC2(CCNCC2)c2ccccc21. The minimum atomic E-state index is 0.468. The molecule has 1 heterocycles. The van der Waals surface area contributed by atoms with Gasteiger partial charge in [0.25, 0.3) is 0 Å². The molecule has 1 unspecified atom stereocenters. The lowest BCUT2D eigenvalue weighted by atomic mass is 9.74. The fraction of sp³-hybridized carbons (Fsp3) is 0.538. The first-order valence-corrected chi connectivity index (χ1v) is 6.68. The number of halogens is 1. The number of piperidine rings is 1. The molecule has 0 radical (unpaired) electrons. The summed E-state index contributed by atoms with van der Waals surface area (Å²) < 4.78 is 0. The zero-order valence-electron chi connectivity index (χ0n) is 8.80. The number of rotatable bonds is 0.